The Bertz CT molecular complexity index is 612. The highest BCUT2D eigenvalue weighted by Gasteiger charge is 2.34. The smallest absolute Gasteiger partial charge is 0.361 e. The third-order valence-corrected chi connectivity index (χ3v) is 5.84. The zero-order valence-corrected chi connectivity index (χ0v) is 16.5. The molecule has 7 heteroatoms. The standard InChI is InChI=1S/C18H25ClN2O3S/c1-4-24-17(23)12-20(13(2)3)11-16(22)21-9-10-25-18(21)14-7-5-6-8-15(14)19/h5-8,13,18H,4,9-12H2,1-3H3/p+1/t18-/m0/s1. The van der Waals surface area contributed by atoms with E-state index >= 15 is 0 Å². The van der Waals surface area contributed by atoms with Crippen LogP contribution in [0.4, 0.5) is 0 Å². The first-order valence-electron chi connectivity index (χ1n) is 8.59. The lowest BCUT2D eigenvalue weighted by atomic mass is 10.2. The molecule has 5 nitrogen and oxygen atoms in total. The van der Waals surface area contributed by atoms with Gasteiger partial charge < -0.3 is 14.5 Å². The van der Waals surface area contributed by atoms with Crippen LogP contribution in [0.5, 0.6) is 0 Å². The van der Waals surface area contributed by atoms with Crippen molar-refractivity contribution in [2.75, 3.05) is 32.0 Å². The van der Waals surface area contributed by atoms with Crippen LogP contribution in [0.3, 0.4) is 0 Å². The Balaban J connectivity index is 2.07. The number of esters is 1. The second-order valence-corrected chi connectivity index (χ2v) is 7.90. The average Bonchev–Trinajstić information content (AvgIpc) is 3.04. The van der Waals surface area contributed by atoms with Gasteiger partial charge in [0.1, 0.15) is 5.37 Å². The van der Waals surface area contributed by atoms with Crippen molar-refractivity contribution in [3.63, 3.8) is 0 Å². The van der Waals surface area contributed by atoms with Gasteiger partial charge in [0.05, 0.1) is 12.6 Å². The fourth-order valence-electron chi connectivity index (χ4n) is 2.82. The van der Waals surface area contributed by atoms with Gasteiger partial charge >= 0.3 is 5.97 Å². The lowest BCUT2D eigenvalue weighted by Gasteiger charge is -2.28. The Morgan fingerprint density at radius 2 is 2.08 bits per heavy atom. The largest absolute Gasteiger partial charge is 0.462 e. The summed E-state index contributed by atoms with van der Waals surface area (Å²) >= 11 is 8.04. The first-order chi connectivity index (χ1) is 11.9. The van der Waals surface area contributed by atoms with Crippen LogP contribution in [0.25, 0.3) is 0 Å². The number of carbonyl (C=O) groups excluding carboxylic acids is 2. The fraction of sp³-hybridized carbons (Fsp3) is 0.556. The molecule has 0 aliphatic carbocycles. The van der Waals surface area contributed by atoms with Crippen LogP contribution < -0.4 is 4.90 Å². The van der Waals surface area contributed by atoms with Gasteiger partial charge in [0.15, 0.2) is 13.1 Å². The van der Waals surface area contributed by atoms with E-state index in [0.29, 0.717) is 18.2 Å². The summed E-state index contributed by atoms with van der Waals surface area (Å²) in [5.74, 6) is 0.664. The molecule has 1 fully saturated rings. The van der Waals surface area contributed by atoms with E-state index in [2.05, 4.69) is 0 Å². The molecule has 1 N–H and O–H groups in total. The first kappa shape index (κ1) is 20.1. The number of halogens is 1. The first-order valence-corrected chi connectivity index (χ1v) is 10.0. The third-order valence-electron chi connectivity index (χ3n) is 4.25. The lowest BCUT2D eigenvalue weighted by molar-refractivity contribution is -0.906. The van der Waals surface area contributed by atoms with Crippen LogP contribution in [0, 0.1) is 0 Å². The number of amides is 1. The minimum Gasteiger partial charge on any atom is -0.462 e. The fourth-order valence-corrected chi connectivity index (χ4v) is 4.44. The number of nitrogens with one attached hydrogen (secondary N) is 1. The Labute approximate surface area is 158 Å². The summed E-state index contributed by atoms with van der Waals surface area (Å²) in [4.78, 5) is 27.5. The summed E-state index contributed by atoms with van der Waals surface area (Å²) in [6, 6.07) is 7.81. The summed E-state index contributed by atoms with van der Waals surface area (Å²) in [5, 5.41) is 0.622. The van der Waals surface area contributed by atoms with Gasteiger partial charge in [0.25, 0.3) is 5.91 Å². The average molecular weight is 386 g/mol. The molecule has 2 rings (SSSR count). The van der Waals surface area contributed by atoms with E-state index in [4.69, 9.17) is 16.3 Å². The SMILES string of the molecule is CCOC(=O)C[NH+](CC(=O)N1CCS[C@H]1c1ccccc1Cl)C(C)C. The van der Waals surface area contributed by atoms with Crippen molar-refractivity contribution in [1.29, 1.82) is 0 Å². The van der Waals surface area contributed by atoms with Gasteiger partial charge in [0.2, 0.25) is 0 Å². The molecule has 2 atom stereocenters. The zero-order chi connectivity index (χ0) is 18.4. The molecule has 138 valence electrons. The Kier molecular flexibility index (Phi) is 7.59. The minimum absolute atomic E-state index is 0.0444. The van der Waals surface area contributed by atoms with Crippen molar-refractivity contribution in [3.8, 4) is 0 Å². The predicted molar refractivity (Wildman–Crippen MR) is 101 cm³/mol. The molecule has 1 saturated heterocycles. The molecule has 1 heterocycles. The zero-order valence-electron chi connectivity index (χ0n) is 15.0. The molecule has 1 aliphatic heterocycles. The number of carbonyl (C=O) groups is 2. The van der Waals surface area contributed by atoms with E-state index in [1.54, 1.807) is 18.7 Å². The second kappa shape index (κ2) is 9.46. The van der Waals surface area contributed by atoms with Gasteiger partial charge in [-0.25, -0.2) is 4.79 Å². The number of quaternary nitrogens is 1. The van der Waals surface area contributed by atoms with Crippen LogP contribution in [-0.2, 0) is 14.3 Å². The van der Waals surface area contributed by atoms with E-state index in [0.717, 1.165) is 16.2 Å². The molecule has 0 radical (unpaired) electrons. The van der Waals surface area contributed by atoms with Gasteiger partial charge in [-0.05, 0) is 26.8 Å². The summed E-state index contributed by atoms with van der Waals surface area (Å²) in [6.07, 6.45) is 0. The van der Waals surface area contributed by atoms with Crippen molar-refractivity contribution < 1.29 is 19.2 Å². The molecule has 1 amide bonds. The number of hydrogen-bond acceptors (Lipinski definition) is 4. The molecular weight excluding hydrogens is 360 g/mol. The van der Waals surface area contributed by atoms with Gasteiger partial charge in [-0.3, -0.25) is 4.79 Å². The highest BCUT2D eigenvalue weighted by Crippen LogP contribution is 2.40. The van der Waals surface area contributed by atoms with Crippen LogP contribution in [-0.4, -0.2) is 54.8 Å². The molecule has 1 aromatic rings. The summed E-state index contributed by atoms with van der Waals surface area (Å²) in [7, 11) is 0. The van der Waals surface area contributed by atoms with E-state index < -0.39 is 0 Å². The van der Waals surface area contributed by atoms with Crippen LogP contribution in [0.2, 0.25) is 5.02 Å². The van der Waals surface area contributed by atoms with Gasteiger partial charge in [0, 0.05) is 22.9 Å². The van der Waals surface area contributed by atoms with Crippen molar-refractivity contribution in [3.05, 3.63) is 34.9 Å². The molecule has 0 bridgehead atoms. The molecular formula is C18H26ClN2O3S+. The Hall–Kier alpha value is -1.24. The number of rotatable bonds is 7. The molecule has 25 heavy (non-hydrogen) atoms. The lowest BCUT2D eigenvalue weighted by Crippen LogP contribution is -3.16. The predicted octanol–water partition coefficient (Wildman–Crippen LogP) is 1.77. The second-order valence-electron chi connectivity index (χ2n) is 6.30. The van der Waals surface area contributed by atoms with Gasteiger partial charge in [-0.2, -0.15) is 0 Å². The van der Waals surface area contributed by atoms with Gasteiger partial charge in [-0.15, -0.1) is 11.8 Å². The third kappa shape index (κ3) is 5.36. The number of ether oxygens (including phenoxy) is 1. The summed E-state index contributed by atoms with van der Waals surface area (Å²) in [5.41, 5.74) is 0.969. The minimum atomic E-state index is -0.266. The van der Waals surface area contributed by atoms with Crippen LogP contribution >= 0.6 is 23.4 Å². The van der Waals surface area contributed by atoms with E-state index in [1.807, 2.05) is 43.0 Å². The molecule has 0 aromatic heterocycles. The molecule has 0 spiro atoms. The number of nitrogens with zero attached hydrogens (tertiary/aromatic N) is 1. The summed E-state index contributed by atoms with van der Waals surface area (Å²) in [6.45, 7) is 7.33. The quantitative estimate of drug-likeness (QED) is 0.727. The monoisotopic (exact) mass is 385 g/mol. The van der Waals surface area contributed by atoms with E-state index in [9.17, 15) is 9.59 Å². The highest BCUT2D eigenvalue weighted by molar-refractivity contribution is 7.99. The summed E-state index contributed by atoms with van der Waals surface area (Å²) < 4.78 is 5.03. The van der Waals surface area contributed by atoms with E-state index in [-0.39, 0.29) is 36.4 Å². The normalized spacial score (nSPS) is 18.4. The Morgan fingerprint density at radius 3 is 2.72 bits per heavy atom. The van der Waals surface area contributed by atoms with E-state index in [1.165, 1.54) is 0 Å². The Morgan fingerprint density at radius 1 is 1.36 bits per heavy atom. The van der Waals surface area contributed by atoms with Crippen molar-refractivity contribution in [2.45, 2.75) is 32.2 Å². The molecule has 0 saturated carbocycles. The highest BCUT2D eigenvalue weighted by atomic mass is 35.5. The maximum absolute atomic E-state index is 12.9. The van der Waals surface area contributed by atoms with Crippen LogP contribution in [0.1, 0.15) is 31.7 Å². The van der Waals surface area contributed by atoms with Crippen LogP contribution in [0.15, 0.2) is 24.3 Å². The van der Waals surface area contributed by atoms with Crippen molar-refractivity contribution in [1.82, 2.24) is 4.90 Å². The maximum Gasteiger partial charge on any atom is 0.361 e. The number of benzene rings is 1. The topological polar surface area (TPSA) is 51.1 Å². The molecule has 1 aliphatic rings. The van der Waals surface area contributed by atoms with Crippen molar-refractivity contribution >= 4 is 35.2 Å². The molecule has 1 aromatic carbocycles. The number of thioether (sulfide) groups is 1. The number of hydrogen-bond donors (Lipinski definition) is 1. The molecule has 1 unspecified atom stereocenters. The van der Waals surface area contributed by atoms with Crippen molar-refractivity contribution in [2.24, 2.45) is 0 Å². The maximum atomic E-state index is 12.9. The van der Waals surface area contributed by atoms with Gasteiger partial charge in [-0.1, -0.05) is 29.8 Å².